The van der Waals surface area contributed by atoms with Crippen molar-refractivity contribution in [3.63, 3.8) is 0 Å². The maximum Gasteiger partial charge on any atom is 0.262 e. The average Bonchev–Trinajstić information content (AvgIpc) is 2.46. The van der Waals surface area contributed by atoms with Crippen LogP contribution in [0.2, 0.25) is 0 Å². The third kappa shape index (κ3) is 3.61. The molecule has 0 saturated carbocycles. The number of anilines is 2. The van der Waals surface area contributed by atoms with Gasteiger partial charge in [0.1, 0.15) is 5.75 Å². The van der Waals surface area contributed by atoms with Crippen molar-refractivity contribution in [1.82, 2.24) is 4.98 Å². The highest BCUT2D eigenvalue weighted by atomic mass is 16.5. The molecule has 2 aromatic rings. The van der Waals surface area contributed by atoms with Gasteiger partial charge in [0.05, 0.1) is 7.11 Å². The highest BCUT2D eigenvalue weighted by molar-refractivity contribution is 5.92. The topological polar surface area (TPSA) is 86.5 Å². The molecule has 104 valence electrons. The summed E-state index contributed by atoms with van der Waals surface area (Å²) >= 11 is 0. The molecule has 1 aromatic heterocycles. The van der Waals surface area contributed by atoms with Gasteiger partial charge in [0, 0.05) is 18.0 Å². The zero-order chi connectivity index (χ0) is 14.4. The predicted molar refractivity (Wildman–Crippen MR) is 75.8 cm³/mol. The van der Waals surface area contributed by atoms with Gasteiger partial charge in [0.25, 0.3) is 5.91 Å². The van der Waals surface area contributed by atoms with Gasteiger partial charge in [-0.25, -0.2) is 4.98 Å². The van der Waals surface area contributed by atoms with Gasteiger partial charge in [-0.1, -0.05) is 6.07 Å². The lowest BCUT2D eigenvalue weighted by Gasteiger charge is -2.09. The molecule has 0 atom stereocenters. The molecule has 0 aliphatic rings. The van der Waals surface area contributed by atoms with Crippen molar-refractivity contribution in [2.75, 3.05) is 24.8 Å². The van der Waals surface area contributed by atoms with E-state index < -0.39 is 0 Å². The van der Waals surface area contributed by atoms with Gasteiger partial charge in [-0.05, 0) is 24.3 Å². The molecule has 3 N–H and O–H groups in total. The van der Waals surface area contributed by atoms with E-state index in [1.807, 2.05) is 0 Å². The van der Waals surface area contributed by atoms with E-state index in [4.69, 9.17) is 15.2 Å². The lowest BCUT2D eigenvalue weighted by Crippen LogP contribution is -2.20. The Bertz CT molecular complexity index is 602. The van der Waals surface area contributed by atoms with Crippen molar-refractivity contribution < 1.29 is 14.3 Å². The van der Waals surface area contributed by atoms with Crippen molar-refractivity contribution in [3.8, 4) is 11.5 Å². The van der Waals surface area contributed by atoms with E-state index in [0.717, 1.165) is 0 Å². The standard InChI is InChI=1S/C14H15N3O3/c1-19-11-5-2-4-10(8-11)17-13(18)9-20-12-6-3-7-16-14(12)15/h2-8H,9H2,1H3,(H2,15,16)(H,17,18). The summed E-state index contributed by atoms with van der Waals surface area (Å²) in [6, 6.07) is 10.4. The van der Waals surface area contributed by atoms with Crippen LogP contribution in [0.5, 0.6) is 11.5 Å². The number of nitrogens with one attached hydrogen (secondary N) is 1. The summed E-state index contributed by atoms with van der Waals surface area (Å²) < 4.78 is 10.4. The molecular formula is C14H15N3O3. The summed E-state index contributed by atoms with van der Waals surface area (Å²) in [6.07, 6.45) is 1.55. The number of hydrogen-bond donors (Lipinski definition) is 2. The first-order valence-electron chi connectivity index (χ1n) is 5.96. The molecule has 0 fully saturated rings. The van der Waals surface area contributed by atoms with E-state index in [1.54, 1.807) is 49.7 Å². The Morgan fingerprint density at radius 1 is 1.35 bits per heavy atom. The fourth-order valence-electron chi connectivity index (χ4n) is 1.57. The Balaban J connectivity index is 1.91. The summed E-state index contributed by atoms with van der Waals surface area (Å²) in [7, 11) is 1.56. The zero-order valence-electron chi connectivity index (χ0n) is 11.0. The van der Waals surface area contributed by atoms with E-state index in [9.17, 15) is 4.79 Å². The summed E-state index contributed by atoms with van der Waals surface area (Å²) in [5, 5.41) is 2.70. The number of benzene rings is 1. The SMILES string of the molecule is COc1cccc(NC(=O)COc2cccnc2N)c1. The van der Waals surface area contributed by atoms with E-state index in [2.05, 4.69) is 10.3 Å². The van der Waals surface area contributed by atoms with Crippen LogP contribution in [0.4, 0.5) is 11.5 Å². The van der Waals surface area contributed by atoms with Crippen molar-refractivity contribution in [2.45, 2.75) is 0 Å². The minimum Gasteiger partial charge on any atom is -0.497 e. The maximum atomic E-state index is 11.8. The Morgan fingerprint density at radius 2 is 2.20 bits per heavy atom. The molecule has 0 aliphatic carbocycles. The van der Waals surface area contributed by atoms with Crippen molar-refractivity contribution >= 4 is 17.4 Å². The Hall–Kier alpha value is -2.76. The highest BCUT2D eigenvalue weighted by Crippen LogP contribution is 2.18. The number of methoxy groups -OCH3 is 1. The van der Waals surface area contributed by atoms with Crippen LogP contribution >= 0.6 is 0 Å². The Kier molecular flexibility index (Phi) is 4.39. The summed E-state index contributed by atoms with van der Waals surface area (Å²) in [6.45, 7) is -0.146. The second-order valence-electron chi connectivity index (χ2n) is 3.96. The molecule has 2 rings (SSSR count). The van der Waals surface area contributed by atoms with Crippen LogP contribution in [-0.2, 0) is 4.79 Å². The quantitative estimate of drug-likeness (QED) is 0.865. The normalized spacial score (nSPS) is 9.85. The lowest BCUT2D eigenvalue weighted by atomic mass is 10.3. The van der Waals surface area contributed by atoms with Crippen LogP contribution < -0.4 is 20.5 Å². The summed E-state index contributed by atoms with van der Waals surface area (Å²) in [5.41, 5.74) is 6.25. The molecule has 1 amide bonds. The van der Waals surface area contributed by atoms with Gasteiger partial charge in [-0.15, -0.1) is 0 Å². The van der Waals surface area contributed by atoms with Gasteiger partial charge in [-0.2, -0.15) is 0 Å². The predicted octanol–water partition coefficient (Wildman–Crippen LogP) is 1.69. The molecular weight excluding hydrogens is 258 g/mol. The first-order valence-corrected chi connectivity index (χ1v) is 5.96. The van der Waals surface area contributed by atoms with E-state index in [1.165, 1.54) is 0 Å². The number of aromatic nitrogens is 1. The second-order valence-corrected chi connectivity index (χ2v) is 3.96. The van der Waals surface area contributed by atoms with Crippen LogP contribution in [0.1, 0.15) is 0 Å². The average molecular weight is 273 g/mol. The molecule has 0 radical (unpaired) electrons. The van der Waals surface area contributed by atoms with Crippen molar-refractivity contribution in [1.29, 1.82) is 0 Å². The van der Waals surface area contributed by atoms with Gasteiger partial charge in [0.15, 0.2) is 18.2 Å². The van der Waals surface area contributed by atoms with Crippen molar-refractivity contribution in [2.24, 2.45) is 0 Å². The second kappa shape index (κ2) is 6.42. The molecule has 6 heteroatoms. The molecule has 1 heterocycles. The van der Waals surface area contributed by atoms with Crippen LogP contribution in [-0.4, -0.2) is 24.6 Å². The molecule has 6 nitrogen and oxygen atoms in total. The third-order valence-electron chi connectivity index (χ3n) is 2.51. The number of carbonyl (C=O) groups excluding carboxylic acids is 1. The van der Waals surface area contributed by atoms with E-state index >= 15 is 0 Å². The molecule has 1 aromatic carbocycles. The largest absolute Gasteiger partial charge is 0.497 e. The molecule has 0 spiro atoms. The zero-order valence-corrected chi connectivity index (χ0v) is 11.0. The lowest BCUT2D eigenvalue weighted by molar-refractivity contribution is -0.118. The summed E-state index contributed by atoms with van der Waals surface area (Å²) in [5.74, 6) is 1.01. The Morgan fingerprint density at radius 3 is 2.95 bits per heavy atom. The number of rotatable bonds is 5. The number of carbonyl (C=O) groups is 1. The first kappa shape index (κ1) is 13.7. The molecule has 0 unspecified atom stereocenters. The number of pyridine rings is 1. The molecule has 0 bridgehead atoms. The van der Waals surface area contributed by atoms with Crippen LogP contribution in [0.3, 0.4) is 0 Å². The van der Waals surface area contributed by atoms with Gasteiger partial charge in [0.2, 0.25) is 0 Å². The van der Waals surface area contributed by atoms with Crippen LogP contribution in [0.15, 0.2) is 42.6 Å². The minimum atomic E-state index is -0.290. The van der Waals surface area contributed by atoms with Crippen LogP contribution in [0.25, 0.3) is 0 Å². The number of amides is 1. The fraction of sp³-hybridized carbons (Fsp3) is 0.143. The smallest absolute Gasteiger partial charge is 0.262 e. The number of hydrogen-bond acceptors (Lipinski definition) is 5. The fourth-order valence-corrected chi connectivity index (χ4v) is 1.57. The third-order valence-corrected chi connectivity index (χ3v) is 2.51. The highest BCUT2D eigenvalue weighted by Gasteiger charge is 2.06. The van der Waals surface area contributed by atoms with E-state index in [0.29, 0.717) is 17.2 Å². The maximum absolute atomic E-state index is 11.8. The Labute approximate surface area is 116 Å². The molecule has 20 heavy (non-hydrogen) atoms. The van der Waals surface area contributed by atoms with Gasteiger partial charge in [-0.3, -0.25) is 4.79 Å². The molecule has 0 aliphatic heterocycles. The number of nitrogen functional groups attached to an aromatic ring is 1. The van der Waals surface area contributed by atoms with Crippen molar-refractivity contribution in [3.05, 3.63) is 42.6 Å². The van der Waals surface area contributed by atoms with Crippen LogP contribution in [0, 0.1) is 0 Å². The summed E-state index contributed by atoms with van der Waals surface area (Å²) in [4.78, 5) is 15.6. The number of ether oxygens (including phenoxy) is 2. The first-order chi connectivity index (χ1) is 9.69. The van der Waals surface area contributed by atoms with Gasteiger partial charge >= 0.3 is 0 Å². The number of nitrogens with two attached hydrogens (primary N) is 1. The number of nitrogens with zero attached hydrogens (tertiary/aromatic N) is 1. The van der Waals surface area contributed by atoms with Gasteiger partial charge < -0.3 is 20.5 Å². The monoisotopic (exact) mass is 273 g/mol. The minimum absolute atomic E-state index is 0.146. The van der Waals surface area contributed by atoms with E-state index in [-0.39, 0.29) is 18.3 Å². The molecule has 0 saturated heterocycles.